The van der Waals surface area contributed by atoms with Gasteiger partial charge in [0.05, 0.1) is 22.8 Å². The van der Waals surface area contributed by atoms with E-state index in [0.29, 0.717) is 34.1 Å². The van der Waals surface area contributed by atoms with Crippen molar-refractivity contribution >= 4 is 11.6 Å². The van der Waals surface area contributed by atoms with Gasteiger partial charge < -0.3 is 14.8 Å². The maximum absolute atomic E-state index is 13.1. The van der Waals surface area contributed by atoms with E-state index < -0.39 is 11.5 Å². The molecule has 1 aliphatic rings. The number of aromatic nitrogens is 3. The van der Waals surface area contributed by atoms with Crippen molar-refractivity contribution in [2.45, 2.75) is 20.8 Å². The van der Waals surface area contributed by atoms with Crippen LogP contribution >= 0.6 is 0 Å². The van der Waals surface area contributed by atoms with Crippen molar-refractivity contribution in [2.75, 3.05) is 12.1 Å². The topological polar surface area (TPSA) is 87.4 Å². The number of nitrogens with zero attached hydrogens (tertiary/aromatic N) is 3. The van der Waals surface area contributed by atoms with E-state index in [0.717, 1.165) is 5.69 Å². The Hall–Kier alpha value is -3.55. The summed E-state index contributed by atoms with van der Waals surface area (Å²) in [4.78, 5) is 26.0. The molecule has 0 spiro atoms. The van der Waals surface area contributed by atoms with Gasteiger partial charge in [-0.25, -0.2) is 0 Å². The Labute approximate surface area is 161 Å². The van der Waals surface area contributed by atoms with Crippen LogP contribution in [0.25, 0.3) is 5.69 Å². The largest absolute Gasteiger partial charge is 0.454 e. The second-order valence-corrected chi connectivity index (χ2v) is 6.71. The number of carbonyl (C=O) groups is 1. The number of nitrogens with one attached hydrogen (secondary N) is 1. The van der Waals surface area contributed by atoms with Gasteiger partial charge in [0.1, 0.15) is 5.56 Å². The molecule has 3 aromatic rings. The van der Waals surface area contributed by atoms with E-state index in [1.54, 1.807) is 49.1 Å². The van der Waals surface area contributed by atoms with Crippen LogP contribution in [0.3, 0.4) is 0 Å². The molecule has 3 heterocycles. The number of amides is 1. The Morgan fingerprint density at radius 1 is 1.14 bits per heavy atom. The highest BCUT2D eigenvalue weighted by Crippen LogP contribution is 2.33. The standard InChI is InChI=1S/C20H20N4O4/c1-11-7-8-24(14-5-6-15-16(9-14)28-10-27-15)20(26)17(11)19(25)21-18-12(2)22-23(4)13(18)3/h5-9H,10H2,1-4H3,(H,21,25). The van der Waals surface area contributed by atoms with Gasteiger partial charge >= 0.3 is 0 Å². The minimum absolute atomic E-state index is 0.0859. The summed E-state index contributed by atoms with van der Waals surface area (Å²) >= 11 is 0. The van der Waals surface area contributed by atoms with Gasteiger partial charge in [0.2, 0.25) is 6.79 Å². The van der Waals surface area contributed by atoms with E-state index in [1.807, 2.05) is 13.8 Å². The van der Waals surface area contributed by atoms with Crippen LogP contribution < -0.4 is 20.3 Å². The molecule has 0 saturated heterocycles. The molecule has 2 aromatic heterocycles. The third kappa shape index (κ3) is 2.83. The highest BCUT2D eigenvalue weighted by molar-refractivity contribution is 6.05. The zero-order valence-corrected chi connectivity index (χ0v) is 16.1. The molecule has 0 atom stereocenters. The molecule has 8 heteroatoms. The van der Waals surface area contributed by atoms with Crippen LogP contribution in [0.4, 0.5) is 5.69 Å². The van der Waals surface area contributed by atoms with E-state index in [-0.39, 0.29) is 12.4 Å². The molecule has 144 valence electrons. The van der Waals surface area contributed by atoms with Crippen LogP contribution in [0, 0.1) is 20.8 Å². The number of benzene rings is 1. The highest BCUT2D eigenvalue weighted by Gasteiger charge is 2.21. The van der Waals surface area contributed by atoms with E-state index in [9.17, 15) is 9.59 Å². The highest BCUT2D eigenvalue weighted by atomic mass is 16.7. The van der Waals surface area contributed by atoms with Gasteiger partial charge in [0, 0.05) is 19.3 Å². The van der Waals surface area contributed by atoms with Crippen molar-refractivity contribution < 1.29 is 14.3 Å². The lowest BCUT2D eigenvalue weighted by molar-refractivity contribution is 0.102. The lowest BCUT2D eigenvalue weighted by atomic mass is 10.1. The van der Waals surface area contributed by atoms with Crippen LogP contribution in [0.1, 0.15) is 27.3 Å². The molecule has 4 rings (SSSR count). The molecule has 1 amide bonds. The number of aryl methyl sites for hydroxylation is 3. The lowest BCUT2D eigenvalue weighted by Gasteiger charge is -2.12. The number of hydrogen-bond donors (Lipinski definition) is 1. The quantitative estimate of drug-likeness (QED) is 0.754. The second-order valence-electron chi connectivity index (χ2n) is 6.71. The number of anilines is 1. The van der Waals surface area contributed by atoms with E-state index in [2.05, 4.69) is 10.4 Å². The summed E-state index contributed by atoms with van der Waals surface area (Å²) in [6, 6.07) is 6.95. The molecule has 1 aliphatic heterocycles. The van der Waals surface area contributed by atoms with Gasteiger partial charge in [-0.15, -0.1) is 0 Å². The second kappa shape index (κ2) is 6.56. The third-order valence-electron chi connectivity index (χ3n) is 4.91. The lowest BCUT2D eigenvalue weighted by Crippen LogP contribution is -2.29. The molecular weight excluding hydrogens is 360 g/mol. The van der Waals surface area contributed by atoms with Crippen LogP contribution in [0.2, 0.25) is 0 Å². The number of ether oxygens (including phenoxy) is 2. The number of pyridine rings is 1. The smallest absolute Gasteiger partial charge is 0.268 e. The first-order valence-corrected chi connectivity index (χ1v) is 8.80. The minimum atomic E-state index is -0.461. The number of fused-ring (bicyclic) bond motifs is 1. The monoisotopic (exact) mass is 380 g/mol. The molecule has 0 radical (unpaired) electrons. The molecule has 1 aromatic carbocycles. The predicted molar refractivity (Wildman–Crippen MR) is 104 cm³/mol. The summed E-state index contributed by atoms with van der Waals surface area (Å²) in [5, 5.41) is 7.13. The third-order valence-corrected chi connectivity index (χ3v) is 4.91. The Morgan fingerprint density at radius 3 is 2.61 bits per heavy atom. The summed E-state index contributed by atoms with van der Waals surface area (Å²) in [6.07, 6.45) is 1.65. The predicted octanol–water partition coefficient (Wildman–Crippen LogP) is 2.48. The SMILES string of the molecule is Cc1ccn(-c2ccc3c(c2)OCO3)c(=O)c1C(=O)Nc1c(C)nn(C)c1C. The number of rotatable bonds is 3. The van der Waals surface area contributed by atoms with Crippen LogP contribution in [0.15, 0.2) is 35.3 Å². The number of hydrogen-bond acceptors (Lipinski definition) is 5. The van der Waals surface area contributed by atoms with Crippen molar-refractivity contribution in [3.63, 3.8) is 0 Å². The Kier molecular flexibility index (Phi) is 4.18. The molecule has 0 bridgehead atoms. The molecule has 28 heavy (non-hydrogen) atoms. The Bertz CT molecular complexity index is 1160. The fourth-order valence-electron chi connectivity index (χ4n) is 3.27. The Balaban J connectivity index is 1.75. The first-order chi connectivity index (χ1) is 13.4. The Morgan fingerprint density at radius 2 is 1.89 bits per heavy atom. The van der Waals surface area contributed by atoms with Crippen molar-refractivity contribution in [2.24, 2.45) is 7.05 Å². The number of carbonyl (C=O) groups excluding carboxylic acids is 1. The molecule has 0 fully saturated rings. The van der Waals surface area contributed by atoms with Gasteiger partial charge in [-0.2, -0.15) is 5.10 Å². The minimum Gasteiger partial charge on any atom is -0.454 e. The summed E-state index contributed by atoms with van der Waals surface area (Å²) < 4.78 is 13.8. The first-order valence-electron chi connectivity index (χ1n) is 8.80. The fraction of sp³-hybridized carbons (Fsp3) is 0.250. The summed E-state index contributed by atoms with van der Waals surface area (Å²) in [5.74, 6) is 0.735. The van der Waals surface area contributed by atoms with Gasteiger partial charge in [-0.1, -0.05) is 0 Å². The summed E-state index contributed by atoms with van der Waals surface area (Å²) in [6.45, 7) is 5.56. The van der Waals surface area contributed by atoms with Crippen molar-refractivity contribution in [3.8, 4) is 17.2 Å². The van der Waals surface area contributed by atoms with Gasteiger partial charge in [0.15, 0.2) is 11.5 Å². The average Bonchev–Trinajstić information content (AvgIpc) is 3.21. The molecular formula is C20H20N4O4. The van der Waals surface area contributed by atoms with Crippen LogP contribution in [-0.4, -0.2) is 27.0 Å². The van der Waals surface area contributed by atoms with Crippen molar-refractivity contribution in [3.05, 3.63) is 63.3 Å². The summed E-state index contributed by atoms with van der Waals surface area (Å²) in [5.41, 5.74) is 2.99. The van der Waals surface area contributed by atoms with Crippen LogP contribution in [-0.2, 0) is 7.05 Å². The van der Waals surface area contributed by atoms with Crippen LogP contribution in [0.5, 0.6) is 11.5 Å². The van der Waals surface area contributed by atoms with Crippen molar-refractivity contribution in [1.82, 2.24) is 14.3 Å². The van der Waals surface area contributed by atoms with Crippen molar-refractivity contribution in [1.29, 1.82) is 0 Å². The maximum atomic E-state index is 13.1. The normalized spacial score (nSPS) is 12.3. The molecule has 0 aliphatic carbocycles. The zero-order valence-electron chi connectivity index (χ0n) is 16.1. The fourth-order valence-corrected chi connectivity index (χ4v) is 3.27. The van der Waals surface area contributed by atoms with Gasteiger partial charge in [-0.05, 0) is 44.5 Å². The maximum Gasteiger partial charge on any atom is 0.268 e. The average molecular weight is 380 g/mol. The van der Waals surface area contributed by atoms with E-state index in [1.165, 1.54) is 4.57 Å². The van der Waals surface area contributed by atoms with E-state index >= 15 is 0 Å². The first kappa shape index (κ1) is 17.8. The molecule has 1 N–H and O–H groups in total. The summed E-state index contributed by atoms with van der Waals surface area (Å²) in [7, 11) is 1.80. The molecule has 8 nitrogen and oxygen atoms in total. The van der Waals surface area contributed by atoms with Gasteiger partial charge in [0.25, 0.3) is 11.5 Å². The molecule has 0 unspecified atom stereocenters. The van der Waals surface area contributed by atoms with E-state index in [4.69, 9.17) is 9.47 Å². The zero-order chi connectivity index (χ0) is 20.0. The van der Waals surface area contributed by atoms with Gasteiger partial charge in [-0.3, -0.25) is 18.8 Å². The molecule has 0 saturated carbocycles.